The number of phosphoric ester groups is 1. The molecule has 0 saturated heterocycles. The van der Waals surface area contributed by atoms with Gasteiger partial charge in [0.1, 0.15) is 13.2 Å². The molecule has 0 radical (unpaired) electrons. The molecule has 9 heteroatoms. The molecule has 2 N–H and O–H groups in total. The van der Waals surface area contributed by atoms with Crippen molar-refractivity contribution >= 4 is 13.7 Å². The minimum Gasteiger partial charge on any atom is -0.756 e. The Balaban J connectivity index is 3.93. The number of hydrogen-bond donors (Lipinski definition) is 2. The lowest BCUT2D eigenvalue weighted by molar-refractivity contribution is -0.870. The van der Waals surface area contributed by atoms with E-state index in [-0.39, 0.29) is 19.1 Å². The maximum absolute atomic E-state index is 12.9. The van der Waals surface area contributed by atoms with Gasteiger partial charge in [0.05, 0.1) is 39.9 Å². The molecule has 0 fully saturated rings. The zero-order chi connectivity index (χ0) is 47.1. The number of phosphoric acid groups is 1. The molecule has 64 heavy (non-hydrogen) atoms. The van der Waals surface area contributed by atoms with Crippen LogP contribution in [0.2, 0.25) is 0 Å². The van der Waals surface area contributed by atoms with Gasteiger partial charge in [-0.25, -0.2) is 0 Å². The van der Waals surface area contributed by atoms with E-state index >= 15 is 0 Å². The fraction of sp³-hybridized carbons (Fsp3) is 0.873. The number of quaternary nitrogens is 1. The van der Waals surface area contributed by atoms with Crippen LogP contribution in [0.15, 0.2) is 36.5 Å². The van der Waals surface area contributed by atoms with Crippen molar-refractivity contribution in [2.24, 2.45) is 0 Å². The van der Waals surface area contributed by atoms with E-state index in [0.29, 0.717) is 17.4 Å². The lowest BCUT2D eigenvalue weighted by atomic mass is 10.0. The Morgan fingerprint density at radius 3 is 1.30 bits per heavy atom. The van der Waals surface area contributed by atoms with Gasteiger partial charge in [0, 0.05) is 6.42 Å². The summed E-state index contributed by atoms with van der Waals surface area (Å²) in [7, 11) is 1.26. The molecule has 0 aliphatic carbocycles. The van der Waals surface area contributed by atoms with Crippen LogP contribution in [-0.4, -0.2) is 68.5 Å². The second-order valence-electron chi connectivity index (χ2n) is 19.9. The van der Waals surface area contributed by atoms with E-state index < -0.39 is 20.0 Å². The molecule has 0 aromatic rings. The molecule has 3 unspecified atom stereocenters. The molecule has 3 atom stereocenters. The van der Waals surface area contributed by atoms with Gasteiger partial charge in [-0.15, -0.1) is 0 Å². The van der Waals surface area contributed by atoms with Crippen molar-refractivity contribution < 1.29 is 32.9 Å². The van der Waals surface area contributed by atoms with Crippen LogP contribution in [0.5, 0.6) is 0 Å². The predicted octanol–water partition coefficient (Wildman–Crippen LogP) is 15.6. The van der Waals surface area contributed by atoms with E-state index in [2.05, 4.69) is 43.5 Å². The molecule has 0 bridgehead atoms. The summed E-state index contributed by atoms with van der Waals surface area (Å²) in [4.78, 5) is 25.3. The third-order valence-corrected chi connectivity index (χ3v) is 13.3. The van der Waals surface area contributed by atoms with E-state index in [4.69, 9.17) is 9.05 Å². The molecular weight excluding hydrogens is 816 g/mol. The number of rotatable bonds is 50. The van der Waals surface area contributed by atoms with Gasteiger partial charge in [-0.1, -0.05) is 237 Å². The third kappa shape index (κ3) is 48.6. The van der Waals surface area contributed by atoms with E-state index in [9.17, 15) is 19.4 Å². The fourth-order valence-corrected chi connectivity index (χ4v) is 8.73. The molecule has 0 heterocycles. The number of hydrogen-bond acceptors (Lipinski definition) is 6. The summed E-state index contributed by atoms with van der Waals surface area (Å²) in [6, 6.07) is -0.883. The number of aliphatic hydroxyl groups excluding tert-OH is 1. The highest BCUT2D eigenvalue weighted by Gasteiger charge is 2.23. The van der Waals surface area contributed by atoms with Crippen molar-refractivity contribution in [2.45, 2.75) is 270 Å². The average molecular weight is 923 g/mol. The van der Waals surface area contributed by atoms with E-state index in [1.807, 2.05) is 27.2 Å². The Labute approximate surface area is 397 Å². The first kappa shape index (κ1) is 62.7. The fourth-order valence-electron chi connectivity index (χ4n) is 8.01. The first-order valence-corrected chi connectivity index (χ1v) is 28.8. The molecule has 0 aliphatic rings. The van der Waals surface area contributed by atoms with Crippen molar-refractivity contribution in [3.8, 4) is 0 Å². The Bertz CT molecular complexity index is 1140. The van der Waals surface area contributed by atoms with E-state index in [1.165, 1.54) is 193 Å². The lowest BCUT2D eigenvalue weighted by Crippen LogP contribution is -2.45. The van der Waals surface area contributed by atoms with Crippen LogP contribution in [-0.2, 0) is 18.4 Å². The van der Waals surface area contributed by atoms with Crippen molar-refractivity contribution in [3.05, 3.63) is 36.5 Å². The highest BCUT2D eigenvalue weighted by molar-refractivity contribution is 7.45. The maximum Gasteiger partial charge on any atom is 0.268 e. The summed E-state index contributed by atoms with van der Waals surface area (Å²) in [6.45, 7) is 4.63. The van der Waals surface area contributed by atoms with Gasteiger partial charge in [0.15, 0.2) is 0 Å². The van der Waals surface area contributed by atoms with Gasteiger partial charge in [0.2, 0.25) is 5.91 Å². The molecule has 8 nitrogen and oxygen atoms in total. The second-order valence-corrected chi connectivity index (χ2v) is 21.3. The van der Waals surface area contributed by atoms with Crippen molar-refractivity contribution in [2.75, 3.05) is 40.9 Å². The topological polar surface area (TPSA) is 108 Å². The van der Waals surface area contributed by atoms with E-state index in [0.717, 1.165) is 44.9 Å². The molecule has 0 aromatic heterocycles. The monoisotopic (exact) mass is 923 g/mol. The van der Waals surface area contributed by atoms with Gasteiger partial charge in [-0.2, -0.15) is 0 Å². The zero-order valence-corrected chi connectivity index (χ0v) is 43.9. The Kier molecular flexibility index (Phi) is 45.9. The van der Waals surface area contributed by atoms with Gasteiger partial charge in [-0.3, -0.25) is 9.36 Å². The normalized spacial score (nSPS) is 14.3. The van der Waals surface area contributed by atoms with Crippen LogP contribution in [0.3, 0.4) is 0 Å². The van der Waals surface area contributed by atoms with Crippen molar-refractivity contribution in [3.63, 3.8) is 0 Å². The number of amides is 1. The summed E-state index contributed by atoms with van der Waals surface area (Å²) >= 11 is 0. The average Bonchev–Trinajstić information content (AvgIpc) is 3.25. The van der Waals surface area contributed by atoms with E-state index in [1.54, 1.807) is 6.08 Å². The highest BCUT2D eigenvalue weighted by atomic mass is 31.2. The molecule has 0 saturated carbocycles. The van der Waals surface area contributed by atoms with Gasteiger partial charge in [-0.05, 0) is 51.4 Å². The minimum atomic E-state index is -4.58. The number of allylic oxidation sites excluding steroid dienone is 5. The predicted molar refractivity (Wildman–Crippen MR) is 275 cm³/mol. The Morgan fingerprint density at radius 1 is 0.547 bits per heavy atom. The van der Waals surface area contributed by atoms with Crippen LogP contribution >= 0.6 is 7.82 Å². The van der Waals surface area contributed by atoms with Crippen LogP contribution in [0, 0.1) is 0 Å². The minimum absolute atomic E-state index is 0.000324. The summed E-state index contributed by atoms with van der Waals surface area (Å²) in [5.74, 6) is -0.198. The zero-order valence-electron chi connectivity index (χ0n) is 43.0. The number of unbranched alkanes of at least 4 members (excludes halogenated alkanes) is 33. The smallest absolute Gasteiger partial charge is 0.268 e. The summed E-state index contributed by atoms with van der Waals surface area (Å²) in [5.41, 5.74) is 0. The summed E-state index contributed by atoms with van der Waals surface area (Å²) in [6.07, 6.45) is 59.6. The number of nitrogens with one attached hydrogen (secondary N) is 1. The van der Waals surface area contributed by atoms with Crippen LogP contribution in [0.1, 0.15) is 258 Å². The first-order valence-electron chi connectivity index (χ1n) is 27.4. The molecule has 0 aliphatic heterocycles. The standard InChI is InChI=1S/C55H107N2O6P/c1-6-8-10-12-14-16-17-18-19-20-21-22-23-24-25-26-27-28-29-30-31-32-33-34-35-36-37-38-39-41-43-45-47-49-55(59)56-53(52-63-64(60,61)62-51-50-57(3,4)5)54(58)48-46-44-42-40-15-13-11-9-7-2/h21-22,24-25,46,48,53-54,58H,6-20,23,26-45,47,49-52H2,1-5H3,(H-,56,59,60,61)/b22-21-,25-24-,48-46+. The number of aliphatic hydroxyl groups is 1. The molecule has 378 valence electrons. The van der Waals surface area contributed by atoms with Gasteiger partial charge >= 0.3 is 0 Å². The van der Waals surface area contributed by atoms with Crippen LogP contribution in [0.25, 0.3) is 0 Å². The quantitative estimate of drug-likeness (QED) is 0.0272. The van der Waals surface area contributed by atoms with Crippen molar-refractivity contribution in [1.82, 2.24) is 5.32 Å². The van der Waals surface area contributed by atoms with Gasteiger partial charge < -0.3 is 28.8 Å². The largest absolute Gasteiger partial charge is 0.756 e. The first-order chi connectivity index (χ1) is 31.0. The summed E-state index contributed by atoms with van der Waals surface area (Å²) in [5, 5.41) is 13.7. The van der Waals surface area contributed by atoms with Gasteiger partial charge in [0.25, 0.3) is 7.82 Å². The SMILES string of the molecule is CCCCCCCCC/C=C/C(O)C(COP(=O)([O-])OCC[N+](C)(C)C)NC(=O)CCCCCCCCCCCCCCCCCCC/C=C\C/C=C\CCCCCCCCCCC. The Morgan fingerprint density at radius 2 is 0.906 bits per heavy atom. The third-order valence-electron chi connectivity index (χ3n) is 12.3. The highest BCUT2D eigenvalue weighted by Crippen LogP contribution is 2.38. The molecule has 0 spiro atoms. The maximum atomic E-state index is 12.9. The molecule has 0 aromatic carbocycles. The molecule has 1 amide bonds. The van der Waals surface area contributed by atoms with Crippen LogP contribution in [0.4, 0.5) is 0 Å². The molecule has 0 rings (SSSR count). The lowest BCUT2D eigenvalue weighted by Gasteiger charge is -2.29. The summed E-state index contributed by atoms with van der Waals surface area (Å²) < 4.78 is 23.2. The molecular formula is C55H107N2O6P. The number of carbonyl (C=O) groups excluding carboxylic acids is 1. The number of nitrogens with zero attached hydrogens (tertiary/aromatic N) is 1. The number of likely N-dealkylation sites (N-methyl/N-ethyl adjacent to an activating group) is 1. The number of carbonyl (C=O) groups is 1. The Hall–Kier alpha value is -1.28. The van der Waals surface area contributed by atoms with Crippen molar-refractivity contribution in [1.29, 1.82) is 0 Å². The van der Waals surface area contributed by atoms with Crippen LogP contribution < -0.4 is 10.2 Å². The second kappa shape index (κ2) is 46.8.